The molecule has 0 heterocycles. The molecule has 0 aliphatic heterocycles. The van der Waals surface area contributed by atoms with E-state index in [-0.39, 0.29) is 5.56 Å². The summed E-state index contributed by atoms with van der Waals surface area (Å²) in [6.07, 6.45) is 3.43. The van der Waals surface area contributed by atoms with Crippen LogP contribution in [0.1, 0.15) is 18.4 Å². The highest BCUT2D eigenvalue weighted by atomic mass is 19.4. The van der Waals surface area contributed by atoms with Gasteiger partial charge >= 0.3 is 6.98 Å². The third-order valence-corrected chi connectivity index (χ3v) is 2.42. The average molecular weight is 243 g/mol. The normalized spacial score (nSPS) is 11.3. The minimum absolute atomic E-state index is 0.207. The quantitative estimate of drug-likeness (QED) is 0.422. The van der Waals surface area contributed by atoms with E-state index in [0.29, 0.717) is 12.4 Å². The number of rotatable bonds is 6. The molecule has 0 fully saturated rings. The summed E-state index contributed by atoms with van der Waals surface area (Å²) >= 11 is 0. The molecule has 0 atom stereocenters. The number of hydrogen-bond donors (Lipinski definition) is 0. The number of aryl methyl sites for hydroxylation is 1. The van der Waals surface area contributed by atoms with Gasteiger partial charge in [-0.3, -0.25) is 0 Å². The Balaban J connectivity index is 2.66. The predicted molar refractivity (Wildman–Crippen MR) is 64.8 cm³/mol. The summed E-state index contributed by atoms with van der Waals surface area (Å²) < 4.78 is 43.0. The molecule has 0 aliphatic carbocycles. The fourth-order valence-electron chi connectivity index (χ4n) is 1.52. The standard InChI is InChI=1S/C12H15BF3O/c1-3-4-5-8-17-11-6-7-12(10(2)9-11)13(14,15)16/h3,6-7,9H,1,4-5,8H2,2H3/q-1. The van der Waals surface area contributed by atoms with Gasteiger partial charge in [0.15, 0.2) is 0 Å². The Hall–Kier alpha value is -1.39. The summed E-state index contributed by atoms with van der Waals surface area (Å²) in [5.41, 5.74) is -0.345. The van der Waals surface area contributed by atoms with E-state index in [9.17, 15) is 12.9 Å². The molecule has 0 radical (unpaired) electrons. The van der Waals surface area contributed by atoms with Gasteiger partial charge in [-0.2, -0.15) is 0 Å². The minimum Gasteiger partial charge on any atom is -0.494 e. The van der Waals surface area contributed by atoms with Crippen LogP contribution in [0.4, 0.5) is 12.9 Å². The van der Waals surface area contributed by atoms with Crippen LogP contribution >= 0.6 is 0 Å². The van der Waals surface area contributed by atoms with Gasteiger partial charge in [-0.1, -0.05) is 17.7 Å². The molecule has 0 N–H and O–H groups in total. The summed E-state index contributed by atoms with van der Waals surface area (Å²) in [5.74, 6) is 0.482. The average Bonchev–Trinajstić information content (AvgIpc) is 2.23. The van der Waals surface area contributed by atoms with Crippen molar-refractivity contribution in [2.75, 3.05) is 6.61 Å². The Morgan fingerprint density at radius 2 is 2.06 bits per heavy atom. The van der Waals surface area contributed by atoms with Crippen LogP contribution in [0.2, 0.25) is 0 Å². The SMILES string of the molecule is C=CCCCOc1ccc([B-](F)(F)F)c(C)c1. The molecule has 1 aromatic rings. The van der Waals surface area contributed by atoms with Gasteiger partial charge in [0, 0.05) is 0 Å². The summed E-state index contributed by atoms with van der Waals surface area (Å²) in [7, 11) is 0. The lowest BCUT2D eigenvalue weighted by molar-refractivity contribution is 0.312. The molecular formula is C12H15BF3O-. The Morgan fingerprint density at radius 1 is 1.35 bits per heavy atom. The van der Waals surface area contributed by atoms with Crippen molar-refractivity contribution < 1.29 is 17.7 Å². The van der Waals surface area contributed by atoms with Gasteiger partial charge < -0.3 is 17.7 Å². The van der Waals surface area contributed by atoms with Gasteiger partial charge in [-0.15, -0.1) is 12.0 Å². The third-order valence-electron chi connectivity index (χ3n) is 2.42. The zero-order valence-electron chi connectivity index (χ0n) is 9.76. The summed E-state index contributed by atoms with van der Waals surface area (Å²) in [4.78, 5) is 0. The van der Waals surface area contributed by atoms with E-state index >= 15 is 0 Å². The van der Waals surface area contributed by atoms with Gasteiger partial charge in [0.25, 0.3) is 0 Å². The van der Waals surface area contributed by atoms with Crippen LogP contribution in [0.3, 0.4) is 0 Å². The first-order chi connectivity index (χ1) is 7.95. The molecule has 0 aromatic heterocycles. The van der Waals surface area contributed by atoms with Crippen molar-refractivity contribution in [3.8, 4) is 5.75 Å². The smallest absolute Gasteiger partial charge is 0.494 e. The lowest BCUT2D eigenvalue weighted by Gasteiger charge is -2.18. The van der Waals surface area contributed by atoms with Crippen LogP contribution in [0, 0.1) is 6.92 Å². The van der Waals surface area contributed by atoms with Crippen LogP contribution in [-0.2, 0) is 0 Å². The van der Waals surface area contributed by atoms with E-state index in [4.69, 9.17) is 4.74 Å². The molecule has 0 amide bonds. The third kappa shape index (κ3) is 4.17. The van der Waals surface area contributed by atoms with E-state index < -0.39 is 12.4 Å². The van der Waals surface area contributed by atoms with Crippen molar-refractivity contribution in [1.82, 2.24) is 0 Å². The second-order valence-corrected chi connectivity index (χ2v) is 3.87. The van der Waals surface area contributed by atoms with Crippen LogP contribution in [0.15, 0.2) is 30.9 Å². The number of hydrogen-bond acceptors (Lipinski definition) is 1. The Labute approximate surface area is 99.3 Å². The summed E-state index contributed by atoms with van der Waals surface area (Å²) in [6, 6.07) is 3.88. The minimum atomic E-state index is -4.94. The maximum atomic E-state index is 12.5. The van der Waals surface area contributed by atoms with Gasteiger partial charge in [0.1, 0.15) is 5.75 Å². The summed E-state index contributed by atoms with van der Waals surface area (Å²) in [6.45, 7) is 0.577. The zero-order chi connectivity index (χ0) is 12.9. The number of allylic oxidation sites excluding steroid dienone is 1. The second kappa shape index (κ2) is 5.80. The first kappa shape index (κ1) is 13.7. The highest BCUT2D eigenvalue weighted by Gasteiger charge is 2.27. The number of ether oxygens (including phenoxy) is 1. The van der Waals surface area contributed by atoms with Crippen molar-refractivity contribution in [3.63, 3.8) is 0 Å². The fraction of sp³-hybridized carbons (Fsp3) is 0.333. The maximum Gasteiger partial charge on any atom is 0.509 e. The van der Waals surface area contributed by atoms with Crippen molar-refractivity contribution in [2.24, 2.45) is 0 Å². The number of benzene rings is 1. The topological polar surface area (TPSA) is 9.23 Å². The van der Waals surface area contributed by atoms with E-state index in [1.54, 1.807) is 6.08 Å². The molecule has 0 saturated carbocycles. The molecule has 0 aliphatic rings. The maximum absolute atomic E-state index is 12.5. The molecule has 0 spiro atoms. The number of halogens is 3. The molecule has 1 rings (SSSR count). The van der Waals surface area contributed by atoms with Crippen LogP contribution in [0.5, 0.6) is 5.75 Å². The molecule has 1 nitrogen and oxygen atoms in total. The Kier molecular flexibility index (Phi) is 4.67. The molecular weight excluding hydrogens is 228 g/mol. The monoisotopic (exact) mass is 243 g/mol. The van der Waals surface area contributed by atoms with E-state index in [1.807, 2.05) is 0 Å². The zero-order valence-corrected chi connectivity index (χ0v) is 9.76. The number of unbranched alkanes of at least 4 members (excludes halogenated alkanes) is 1. The molecule has 1 aromatic carbocycles. The van der Waals surface area contributed by atoms with Crippen molar-refractivity contribution in [2.45, 2.75) is 19.8 Å². The lowest BCUT2D eigenvalue weighted by atomic mass is 9.77. The molecule has 94 valence electrons. The van der Waals surface area contributed by atoms with Gasteiger partial charge in [-0.25, -0.2) is 0 Å². The fourth-order valence-corrected chi connectivity index (χ4v) is 1.52. The molecule has 0 bridgehead atoms. The second-order valence-electron chi connectivity index (χ2n) is 3.87. The van der Waals surface area contributed by atoms with Crippen LogP contribution < -0.4 is 10.2 Å². The van der Waals surface area contributed by atoms with E-state index in [1.165, 1.54) is 19.1 Å². The molecule has 0 unspecified atom stereocenters. The lowest BCUT2D eigenvalue weighted by Crippen LogP contribution is -2.35. The largest absolute Gasteiger partial charge is 0.509 e. The Bertz CT molecular complexity index is 388. The highest BCUT2D eigenvalue weighted by Crippen LogP contribution is 2.17. The highest BCUT2D eigenvalue weighted by molar-refractivity contribution is 6.74. The van der Waals surface area contributed by atoms with Crippen molar-refractivity contribution >= 4 is 12.4 Å². The van der Waals surface area contributed by atoms with Gasteiger partial charge in [0.2, 0.25) is 0 Å². The van der Waals surface area contributed by atoms with Crippen LogP contribution in [0.25, 0.3) is 0 Å². The predicted octanol–water partition coefficient (Wildman–Crippen LogP) is 3.39. The summed E-state index contributed by atoms with van der Waals surface area (Å²) in [5, 5.41) is 0. The van der Waals surface area contributed by atoms with Crippen LogP contribution in [-0.4, -0.2) is 13.6 Å². The van der Waals surface area contributed by atoms with Crippen molar-refractivity contribution in [1.29, 1.82) is 0 Å². The van der Waals surface area contributed by atoms with Gasteiger partial charge in [-0.05, 0) is 31.9 Å². The molecule has 5 heteroatoms. The molecule has 17 heavy (non-hydrogen) atoms. The Morgan fingerprint density at radius 3 is 2.59 bits per heavy atom. The van der Waals surface area contributed by atoms with Crippen molar-refractivity contribution in [3.05, 3.63) is 36.4 Å². The van der Waals surface area contributed by atoms with Gasteiger partial charge in [0.05, 0.1) is 6.61 Å². The van der Waals surface area contributed by atoms with E-state index in [0.717, 1.165) is 18.9 Å². The first-order valence-electron chi connectivity index (χ1n) is 5.49. The molecule has 0 saturated heterocycles. The first-order valence-corrected chi connectivity index (χ1v) is 5.49. The van der Waals surface area contributed by atoms with E-state index in [2.05, 4.69) is 6.58 Å².